The minimum Gasteiger partial charge on any atom is -0.333 e. The van der Waals surface area contributed by atoms with E-state index in [4.69, 9.17) is 0 Å². The molecule has 0 spiro atoms. The molecule has 2 atom stereocenters. The van der Waals surface area contributed by atoms with Crippen molar-refractivity contribution >= 4 is 29.2 Å². The maximum Gasteiger partial charge on any atom is 0.325 e. The average Bonchev–Trinajstić information content (AvgIpc) is 3.46. The third-order valence-corrected chi connectivity index (χ3v) is 6.78. The zero-order valence-electron chi connectivity index (χ0n) is 16.5. The van der Waals surface area contributed by atoms with Crippen molar-refractivity contribution in [2.75, 3.05) is 13.1 Å². The quantitative estimate of drug-likeness (QED) is 0.738. The largest absolute Gasteiger partial charge is 0.333 e. The normalized spacial score (nSPS) is 24.2. The van der Waals surface area contributed by atoms with Crippen molar-refractivity contribution in [3.63, 3.8) is 0 Å². The summed E-state index contributed by atoms with van der Waals surface area (Å²) in [4.78, 5) is 43.2. The van der Waals surface area contributed by atoms with Crippen LogP contribution in [0.3, 0.4) is 0 Å². The Morgan fingerprint density at radius 2 is 2.00 bits per heavy atom. The highest BCUT2D eigenvalue weighted by atomic mass is 32.1. The first-order valence-electron chi connectivity index (χ1n) is 10.1. The van der Waals surface area contributed by atoms with E-state index in [2.05, 4.69) is 5.32 Å². The molecule has 29 heavy (non-hydrogen) atoms. The van der Waals surface area contributed by atoms with Crippen LogP contribution in [0.4, 0.5) is 4.79 Å². The van der Waals surface area contributed by atoms with Gasteiger partial charge in [-0.05, 0) is 36.3 Å². The predicted octanol–water partition coefficient (Wildman–Crippen LogP) is 3.66. The van der Waals surface area contributed by atoms with E-state index >= 15 is 0 Å². The number of hydrogen-bond donors (Lipinski definition) is 1. The molecule has 6 nitrogen and oxygen atoms in total. The van der Waals surface area contributed by atoms with Crippen LogP contribution in [0.15, 0.2) is 47.8 Å². The molecule has 4 amide bonds. The van der Waals surface area contributed by atoms with Crippen molar-refractivity contribution in [2.45, 2.75) is 44.2 Å². The van der Waals surface area contributed by atoms with E-state index in [1.54, 1.807) is 11.3 Å². The molecule has 2 saturated heterocycles. The molecule has 152 valence electrons. The first-order chi connectivity index (χ1) is 14.1. The Morgan fingerprint density at radius 3 is 2.69 bits per heavy atom. The van der Waals surface area contributed by atoms with Crippen molar-refractivity contribution in [3.8, 4) is 0 Å². The third kappa shape index (κ3) is 3.44. The van der Waals surface area contributed by atoms with Crippen LogP contribution in [0, 0.1) is 0 Å². The molecule has 3 heterocycles. The molecule has 0 radical (unpaired) electrons. The lowest BCUT2D eigenvalue weighted by Crippen LogP contribution is -2.45. The summed E-state index contributed by atoms with van der Waals surface area (Å²) in [5.41, 5.74) is -0.335. The highest BCUT2D eigenvalue weighted by molar-refractivity contribution is 7.10. The molecule has 2 fully saturated rings. The van der Waals surface area contributed by atoms with E-state index in [-0.39, 0.29) is 24.4 Å². The number of rotatable bonds is 6. The zero-order valence-corrected chi connectivity index (χ0v) is 17.3. The molecule has 0 unspecified atom stereocenters. The Hall–Kier alpha value is -2.67. The molecule has 2 aliphatic rings. The summed E-state index contributed by atoms with van der Waals surface area (Å²) in [5, 5.41) is 4.89. The Kier molecular flexibility index (Phi) is 5.41. The van der Waals surface area contributed by atoms with Crippen LogP contribution in [-0.2, 0) is 15.1 Å². The minimum absolute atomic E-state index is 0.0396. The van der Waals surface area contributed by atoms with Gasteiger partial charge in [-0.15, -0.1) is 11.3 Å². The predicted molar refractivity (Wildman–Crippen MR) is 111 cm³/mol. The molecular weight excluding hydrogens is 386 g/mol. The molecule has 1 aromatic heterocycles. The standard InChI is InChI=1S/C22H25N3O3S/c1-2-12-22(16-8-4-3-5-9-16)20(27)25(21(28)23-22)15-19(26)24-13-6-10-17(24)18-11-7-14-29-18/h3-5,7-9,11,14,17H,2,6,10,12-13,15H2,1H3,(H,23,28)/t17-,22-/m1/s1. The number of urea groups is 1. The monoisotopic (exact) mass is 411 g/mol. The number of imide groups is 1. The molecular formula is C22H25N3O3S. The molecule has 7 heteroatoms. The van der Waals surface area contributed by atoms with Gasteiger partial charge < -0.3 is 10.2 Å². The second-order valence-corrected chi connectivity index (χ2v) is 8.58. The first-order valence-corrected chi connectivity index (χ1v) is 11.0. The van der Waals surface area contributed by atoms with Gasteiger partial charge >= 0.3 is 6.03 Å². The lowest BCUT2D eigenvalue weighted by atomic mass is 9.85. The van der Waals surface area contributed by atoms with Crippen LogP contribution in [0.25, 0.3) is 0 Å². The van der Waals surface area contributed by atoms with E-state index in [9.17, 15) is 14.4 Å². The van der Waals surface area contributed by atoms with Gasteiger partial charge in [-0.1, -0.05) is 49.7 Å². The summed E-state index contributed by atoms with van der Waals surface area (Å²) in [5.74, 6) is -0.513. The summed E-state index contributed by atoms with van der Waals surface area (Å²) in [7, 11) is 0. The second kappa shape index (κ2) is 7.99. The Balaban J connectivity index is 1.55. The van der Waals surface area contributed by atoms with Crippen molar-refractivity contribution < 1.29 is 14.4 Å². The number of amides is 4. The maximum atomic E-state index is 13.4. The van der Waals surface area contributed by atoms with Crippen molar-refractivity contribution in [1.29, 1.82) is 0 Å². The number of nitrogens with zero attached hydrogens (tertiary/aromatic N) is 2. The Bertz CT molecular complexity index is 899. The number of carbonyl (C=O) groups excluding carboxylic acids is 3. The smallest absolute Gasteiger partial charge is 0.325 e. The highest BCUT2D eigenvalue weighted by Crippen LogP contribution is 2.36. The number of carbonyl (C=O) groups is 3. The van der Waals surface area contributed by atoms with Gasteiger partial charge in [0.1, 0.15) is 12.1 Å². The number of hydrogen-bond acceptors (Lipinski definition) is 4. The van der Waals surface area contributed by atoms with E-state index in [1.165, 1.54) is 0 Å². The topological polar surface area (TPSA) is 69.7 Å². The van der Waals surface area contributed by atoms with Gasteiger partial charge in [0.15, 0.2) is 0 Å². The number of benzene rings is 1. The molecule has 0 bridgehead atoms. The first kappa shape index (κ1) is 19.6. The molecule has 4 rings (SSSR count). The molecule has 0 aliphatic carbocycles. The van der Waals surface area contributed by atoms with Crippen LogP contribution >= 0.6 is 11.3 Å². The SMILES string of the molecule is CCC[C@]1(c2ccccc2)NC(=O)N(CC(=O)N2CCC[C@@H]2c2cccs2)C1=O. The summed E-state index contributed by atoms with van der Waals surface area (Å²) in [6, 6.07) is 12.9. The van der Waals surface area contributed by atoms with E-state index in [0.717, 1.165) is 34.6 Å². The van der Waals surface area contributed by atoms with Gasteiger partial charge in [0.25, 0.3) is 5.91 Å². The van der Waals surface area contributed by atoms with Crippen LogP contribution < -0.4 is 5.32 Å². The minimum atomic E-state index is -1.09. The lowest BCUT2D eigenvalue weighted by molar-refractivity contribution is -0.139. The van der Waals surface area contributed by atoms with Gasteiger partial charge in [0.2, 0.25) is 5.91 Å². The number of nitrogens with one attached hydrogen (secondary N) is 1. The molecule has 1 N–H and O–H groups in total. The van der Waals surface area contributed by atoms with Gasteiger partial charge in [-0.3, -0.25) is 14.5 Å². The van der Waals surface area contributed by atoms with E-state index < -0.39 is 11.6 Å². The molecule has 2 aliphatic heterocycles. The molecule has 2 aromatic rings. The van der Waals surface area contributed by atoms with Gasteiger partial charge in [0, 0.05) is 11.4 Å². The Morgan fingerprint density at radius 1 is 1.21 bits per heavy atom. The van der Waals surface area contributed by atoms with Gasteiger partial charge in [-0.2, -0.15) is 0 Å². The van der Waals surface area contributed by atoms with Crippen molar-refractivity contribution in [2.24, 2.45) is 0 Å². The van der Waals surface area contributed by atoms with E-state index in [1.807, 2.05) is 59.7 Å². The summed E-state index contributed by atoms with van der Waals surface area (Å²) < 4.78 is 0. The van der Waals surface area contributed by atoms with Crippen LogP contribution in [0.2, 0.25) is 0 Å². The van der Waals surface area contributed by atoms with Crippen molar-refractivity contribution in [3.05, 3.63) is 58.3 Å². The molecule has 0 saturated carbocycles. The fourth-order valence-electron chi connectivity index (χ4n) is 4.44. The molecule has 1 aromatic carbocycles. The Labute approximate surface area is 174 Å². The van der Waals surface area contributed by atoms with Crippen LogP contribution in [0.5, 0.6) is 0 Å². The van der Waals surface area contributed by atoms with Crippen LogP contribution in [0.1, 0.15) is 49.1 Å². The maximum absolute atomic E-state index is 13.4. The number of thiophene rings is 1. The fraction of sp³-hybridized carbons (Fsp3) is 0.409. The number of likely N-dealkylation sites (tertiary alicyclic amines) is 1. The highest BCUT2D eigenvalue weighted by Gasteiger charge is 2.52. The summed E-state index contributed by atoms with van der Waals surface area (Å²) >= 11 is 1.64. The summed E-state index contributed by atoms with van der Waals surface area (Å²) in [6.45, 7) is 2.42. The third-order valence-electron chi connectivity index (χ3n) is 5.81. The van der Waals surface area contributed by atoms with Crippen molar-refractivity contribution in [1.82, 2.24) is 15.1 Å². The van der Waals surface area contributed by atoms with E-state index in [0.29, 0.717) is 13.0 Å². The lowest BCUT2D eigenvalue weighted by Gasteiger charge is -2.28. The average molecular weight is 412 g/mol. The van der Waals surface area contributed by atoms with Gasteiger partial charge in [0.05, 0.1) is 6.04 Å². The second-order valence-electron chi connectivity index (χ2n) is 7.60. The summed E-state index contributed by atoms with van der Waals surface area (Å²) in [6.07, 6.45) is 3.07. The fourth-order valence-corrected chi connectivity index (χ4v) is 5.32. The van der Waals surface area contributed by atoms with Gasteiger partial charge in [-0.25, -0.2) is 4.79 Å². The zero-order chi connectivity index (χ0) is 20.4. The van der Waals surface area contributed by atoms with Crippen LogP contribution in [-0.4, -0.2) is 40.7 Å².